The molecule has 1 atom stereocenters. The summed E-state index contributed by atoms with van der Waals surface area (Å²) in [7, 11) is 0. The largest absolute Gasteiger partial charge is 0.486 e. The van der Waals surface area contributed by atoms with Crippen molar-refractivity contribution in [2.75, 3.05) is 18.9 Å². The molecule has 37 heavy (non-hydrogen) atoms. The molecule has 2 aromatic heterocycles. The van der Waals surface area contributed by atoms with Gasteiger partial charge in [0.25, 0.3) is 5.91 Å². The van der Waals surface area contributed by atoms with E-state index in [0.717, 1.165) is 18.4 Å². The Hall–Kier alpha value is -4.59. The van der Waals surface area contributed by atoms with Crippen LogP contribution in [-0.4, -0.2) is 39.7 Å². The zero-order valence-corrected chi connectivity index (χ0v) is 20.5. The van der Waals surface area contributed by atoms with E-state index in [4.69, 9.17) is 25.2 Å². The number of nitrogens with one attached hydrogen (secondary N) is 1. The normalized spacial score (nSPS) is 13.5. The van der Waals surface area contributed by atoms with Gasteiger partial charge in [-0.15, -0.1) is 0 Å². The topological polar surface area (TPSA) is 104 Å². The predicted molar refractivity (Wildman–Crippen MR) is 143 cm³/mol. The molecule has 0 spiro atoms. The van der Waals surface area contributed by atoms with Crippen LogP contribution in [0.2, 0.25) is 0 Å². The number of hydrogen-bond donors (Lipinski definition) is 2. The fraction of sp³-hybridized carbons (Fsp3) is 0.207. The average Bonchev–Trinajstić information content (AvgIpc) is 3.21. The number of ether oxygens (including phenoxy) is 2. The second-order valence-corrected chi connectivity index (χ2v) is 9.21. The smallest absolute Gasteiger partial charge is 0.257 e. The van der Waals surface area contributed by atoms with E-state index in [1.807, 2.05) is 67.6 Å². The highest BCUT2D eigenvalue weighted by Crippen LogP contribution is 2.36. The lowest BCUT2D eigenvalue weighted by Gasteiger charge is -2.19. The monoisotopic (exact) mass is 493 g/mol. The fourth-order valence-corrected chi connectivity index (χ4v) is 4.71. The Balaban J connectivity index is 1.40. The van der Waals surface area contributed by atoms with E-state index < -0.39 is 0 Å². The van der Waals surface area contributed by atoms with Crippen LogP contribution in [0, 0.1) is 0 Å². The van der Waals surface area contributed by atoms with Crippen molar-refractivity contribution in [2.45, 2.75) is 25.8 Å². The van der Waals surface area contributed by atoms with E-state index >= 15 is 0 Å². The number of nitrogen functional groups attached to an aromatic ring is 1. The molecule has 3 N–H and O–H groups in total. The Bertz CT molecular complexity index is 1610. The van der Waals surface area contributed by atoms with Crippen LogP contribution < -0.4 is 20.5 Å². The Kier molecular flexibility index (Phi) is 5.84. The summed E-state index contributed by atoms with van der Waals surface area (Å²) < 4.78 is 13.2. The molecule has 5 aromatic rings. The highest BCUT2D eigenvalue weighted by atomic mass is 16.6. The summed E-state index contributed by atoms with van der Waals surface area (Å²) in [5.41, 5.74) is 11.3. The third-order valence-electron chi connectivity index (χ3n) is 6.60. The highest BCUT2D eigenvalue weighted by molar-refractivity contribution is 6.11. The van der Waals surface area contributed by atoms with E-state index in [2.05, 4.69) is 17.4 Å². The molecule has 0 fully saturated rings. The van der Waals surface area contributed by atoms with Gasteiger partial charge in [0.15, 0.2) is 17.1 Å². The van der Waals surface area contributed by atoms with Crippen LogP contribution in [0.15, 0.2) is 72.8 Å². The van der Waals surface area contributed by atoms with Gasteiger partial charge in [-0.05, 0) is 49.6 Å². The molecule has 1 amide bonds. The number of para-hydroxylation sites is 2. The van der Waals surface area contributed by atoms with Crippen LogP contribution in [0.25, 0.3) is 27.9 Å². The maximum Gasteiger partial charge on any atom is 0.257 e. The third kappa shape index (κ3) is 4.31. The SMILES string of the molecule is C[C@H](CCc1ccccc1)NC(=O)c1c(N)n(-c2ccc3c(c2)OCCO3)c2nc3ccccc3nc12. The van der Waals surface area contributed by atoms with Crippen LogP contribution >= 0.6 is 0 Å². The zero-order valence-electron chi connectivity index (χ0n) is 20.5. The van der Waals surface area contributed by atoms with E-state index in [1.165, 1.54) is 5.56 Å². The molecule has 0 bridgehead atoms. The first-order chi connectivity index (χ1) is 18.1. The standard InChI is InChI=1S/C29H27N5O3/c1-18(11-12-19-7-3-2-4-8-19)31-29(35)25-26-28(33-22-10-6-5-9-21(22)32-26)34(27(25)30)20-13-14-23-24(17-20)37-16-15-36-23/h2-10,13-14,17-18H,11-12,15-16,30H2,1H3,(H,31,35)/t18-/m1/s1. The van der Waals surface area contributed by atoms with Crippen molar-refractivity contribution in [3.05, 3.63) is 83.9 Å². The van der Waals surface area contributed by atoms with E-state index in [0.29, 0.717) is 52.6 Å². The summed E-state index contributed by atoms with van der Waals surface area (Å²) in [4.78, 5) is 23.3. The fourth-order valence-electron chi connectivity index (χ4n) is 4.71. The number of fused-ring (bicyclic) bond motifs is 3. The number of amides is 1. The number of benzene rings is 3. The third-order valence-corrected chi connectivity index (χ3v) is 6.60. The molecule has 0 radical (unpaired) electrons. The van der Waals surface area contributed by atoms with Crippen molar-refractivity contribution >= 4 is 33.9 Å². The van der Waals surface area contributed by atoms with Gasteiger partial charge in [0.05, 0.1) is 16.7 Å². The molecule has 186 valence electrons. The van der Waals surface area contributed by atoms with Crippen molar-refractivity contribution in [3.8, 4) is 17.2 Å². The Labute approximate surface area is 214 Å². The second-order valence-electron chi connectivity index (χ2n) is 9.21. The number of aryl methyl sites for hydroxylation is 1. The molecular formula is C29H27N5O3. The molecule has 6 rings (SSSR count). The van der Waals surface area contributed by atoms with Crippen molar-refractivity contribution in [2.24, 2.45) is 0 Å². The number of rotatable bonds is 6. The Morgan fingerprint density at radius 1 is 0.973 bits per heavy atom. The minimum absolute atomic E-state index is 0.0618. The lowest BCUT2D eigenvalue weighted by molar-refractivity contribution is 0.0941. The number of nitrogens with two attached hydrogens (primary N) is 1. The number of aromatic nitrogens is 3. The number of anilines is 1. The first-order valence-electron chi connectivity index (χ1n) is 12.4. The van der Waals surface area contributed by atoms with Gasteiger partial charge in [0, 0.05) is 12.1 Å². The maximum atomic E-state index is 13.6. The van der Waals surface area contributed by atoms with Crippen LogP contribution in [-0.2, 0) is 6.42 Å². The van der Waals surface area contributed by atoms with E-state index in [-0.39, 0.29) is 17.8 Å². The van der Waals surface area contributed by atoms with Gasteiger partial charge in [-0.25, -0.2) is 9.97 Å². The van der Waals surface area contributed by atoms with Crippen LogP contribution in [0.3, 0.4) is 0 Å². The molecule has 0 aliphatic carbocycles. The van der Waals surface area contributed by atoms with Crippen molar-refractivity contribution < 1.29 is 14.3 Å². The minimum Gasteiger partial charge on any atom is -0.486 e. The number of carbonyl (C=O) groups is 1. The summed E-state index contributed by atoms with van der Waals surface area (Å²) in [5.74, 6) is 1.30. The maximum absolute atomic E-state index is 13.6. The van der Waals surface area contributed by atoms with Crippen LogP contribution in [0.4, 0.5) is 5.82 Å². The molecular weight excluding hydrogens is 466 g/mol. The Morgan fingerprint density at radius 3 is 2.46 bits per heavy atom. The molecule has 0 saturated carbocycles. The van der Waals surface area contributed by atoms with Gasteiger partial charge in [0.1, 0.15) is 30.1 Å². The van der Waals surface area contributed by atoms with Gasteiger partial charge in [-0.1, -0.05) is 42.5 Å². The molecule has 0 saturated heterocycles. The lowest BCUT2D eigenvalue weighted by Crippen LogP contribution is -2.33. The molecule has 0 unspecified atom stereocenters. The molecule has 8 nitrogen and oxygen atoms in total. The quantitative estimate of drug-likeness (QED) is 0.356. The molecule has 8 heteroatoms. The van der Waals surface area contributed by atoms with Gasteiger partial charge >= 0.3 is 0 Å². The second kappa shape index (κ2) is 9.46. The number of nitrogens with zero attached hydrogens (tertiary/aromatic N) is 3. The summed E-state index contributed by atoms with van der Waals surface area (Å²) in [6, 6.07) is 23.3. The molecule has 3 heterocycles. The highest BCUT2D eigenvalue weighted by Gasteiger charge is 2.26. The lowest BCUT2D eigenvalue weighted by atomic mass is 10.1. The van der Waals surface area contributed by atoms with E-state index in [1.54, 1.807) is 4.57 Å². The minimum atomic E-state index is -0.274. The van der Waals surface area contributed by atoms with Gasteiger partial charge in [0.2, 0.25) is 0 Å². The van der Waals surface area contributed by atoms with Gasteiger partial charge in [-0.2, -0.15) is 0 Å². The van der Waals surface area contributed by atoms with Crippen molar-refractivity contribution in [3.63, 3.8) is 0 Å². The van der Waals surface area contributed by atoms with Gasteiger partial charge < -0.3 is 20.5 Å². The molecule has 3 aromatic carbocycles. The van der Waals surface area contributed by atoms with Crippen molar-refractivity contribution in [1.82, 2.24) is 19.9 Å². The zero-order chi connectivity index (χ0) is 25.4. The van der Waals surface area contributed by atoms with Crippen molar-refractivity contribution in [1.29, 1.82) is 0 Å². The van der Waals surface area contributed by atoms with Crippen LogP contribution in [0.1, 0.15) is 29.3 Å². The Morgan fingerprint density at radius 2 is 1.68 bits per heavy atom. The number of carbonyl (C=O) groups excluding carboxylic acids is 1. The average molecular weight is 494 g/mol. The first-order valence-corrected chi connectivity index (χ1v) is 12.4. The van der Waals surface area contributed by atoms with E-state index in [9.17, 15) is 4.79 Å². The summed E-state index contributed by atoms with van der Waals surface area (Å²) in [6.07, 6.45) is 1.66. The number of hydrogen-bond acceptors (Lipinski definition) is 6. The molecule has 1 aliphatic heterocycles. The molecule has 1 aliphatic rings. The summed E-state index contributed by atoms with van der Waals surface area (Å²) in [6.45, 7) is 2.97. The van der Waals surface area contributed by atoms with Crippen LogP contribution in [0.5, 0.6) is 11.5 Å². The van der Waals surface area contributed by atoms with Gasteiger partial charge in [-0.3, -0.25) is 9.36 Å². The summed E-state index contributed by atoms with van der Waals surface area (Å²) in [5, 5.41) is 3.12. The first kappa shape index (κ1) is 22.8. The predicted octanol–water partition coefficient (Wildman–Crippen LogP) is 4.68. The summed E-state index contributed by atoms with van der Waals surface area (Å²) >= 11 is 0.